The van der Waals surface area contributed by atoms with Crippen LogP contribution < -0.4 is 10.9 Å². The number of fused-ring (bicyclic) bond motifs is 2. The van der Waals surface area contributed by atoms with Crippen molar-refractivity contribution in [2.75, 3.05) is 5.32 Å². The molecule has 0 fully saturated rings. The summed E-state index contributed by atoms with van der Waals surface area (Å²) in [6.45, 7) is 4.49. The van der Waals surface area contributed by atoms with Crippen molar-refractivity contribution in [3.63, 3.8) is 0 Å². The number of hydrogen-bond donors (Lipinski definition) is 1. The molecular formula is C20H21ClN4O2. The monoisotopic (exact) mass is 384 g/mol. The Labute approximate surface area is 161 Å². The van der Waals surface area contributed by atoms with E-state index in [1.54, 1.807) is 21.3 Å². The lowest BCUT2D eigenvalue weighted by Gasteiger charge is -2.17. The third kappa shape index (κ3) is 3.14. The van der Waals surface area contributed by atoms with Crippen molar-refractivity contribution in [1.82, 2.24) is 14.1 Å². The molecule has 0 spiro atoms. The molecule has 7 heteroatoms. The van der Waals surface area contributed by atoms with E-state index < -0.39 is 0 Å². The fourth-order valence-electron chi connectivity index (χ4n) is 3.67. The van der Waals surface area contributed by atoms with Gasteiger partial charge in [0, 0.05) is 29.4 Å². The van der Waals surface area contributed by atoms with Crippen LogP contribution in [0.4, 0.5) is 5.69 Å². The number of anilines is 1. The van der Waals surface area contributed by atoms with E-state index in [-0.39, 0.29) is 18.0 Å². The van der Waals surface area contributed by atoms with Crippen LogP contribution in [-0.2, 0) is 24.3 Å². The molecule has 1 amide bonds. The topological polar surface area (TPSA) is 68.9 Å². The van der Waals surface area contributed by atoms with E-state index in [2.05, 4.69) is 10.3 Å². The minimum absolute atomic E-state index is 0.0531. The van der Waals surface area contributed by atoms with Gasteiger partial charge in [0.2, 0.25) is 5.91 Å². The van der Waals surface area contributed by atoms with Crippen LogP contribution in [0.2, 0.25) is 5.02 Å². The molecule has 6 nitrogen and oxygen atoms in total. The molecule has 0 saturated carbocycles. The predicted molar refractivity (Wildman–Crippen MR) is 106 cm³/mol. The Bertz CT molecular complexity index is 1110. The van der Waals surface area contributed by atoms with Crippen molar-refractivity contribution < 1.29 is 4.79 Å². The van der Waals surface area contributed by atoms with E-state index in [1.165, 1.54) is 0 Å². The average molecular weight is 385 g/mol. The summed E-state index contributed by atoms with van der Waals surface area (Å²) in [6.07, 6.45) is 2.86. The van der Waals surface area contributed by atoms with E-state index in [4.69, 9.17) is 11.6 Å². The van der Waals surface area contributed by atoms with E-state index in [1.807, 2.05) is 26.0 Å². The van der Waals surface area contributed by atoms with Gasteiger partial charge in [-0.05, 0) is 50.5 Å². The summed E-state index contributed by atoms with van der Waals surface area (Å²) < 4.78 is 3.50. The van der Waals surface area contributed by atoms with E-state index >= 15 is 0 Å². The molecule has 0 radical (unpaired) electrons. The lowest BCUT2D eigenvalue weighted by atomic mass is 10.1. The smallest absolute Gasteiger partial charge is 0.278 e. The van der Waals surface area contributed by atoms with Gasteiger partial charge in [0.25, 0.3) is 5.56 Å². The van der Waals surface area contributed by atoms with Crippen LogP contribution in [-0.4, -0.2) is 20.0 Å². The molecule has 140 valence electrons. The van der Waals surface area contributed by atoms with Crippen molar-refractivity contribution in [2.24, 2.45) is 0 Å². The molecule has 3 heterocycles. The number of carbonyl (C=O) groups is 1. The zero-order valence-corrected chi connectivity index (χ0v) is 16.1. The van der Waals surface area contributed by atoms with Crippen molar-refractivity contribution >= 4 is 34.2 Å². The number of hydrogen-bond acceptors (Lipinski definition) is 3. The van der Waals surface area contributed by atoms with Gasteiger partial charge in [-0.25, -0.2) is 4.98 Å². The maximum atomic E-state index is 13.0. The minimum Gasteiger partial charge on any atom is -0.330 e. The molecule has 1 aliphatic heterocycles. The van der Waals surface area contributed by atoms with Crippen LogP contribution in [0.3, 0.4) is 0 Å². The molecule has 0 bridgehead atoms. The maximum absolute atomic E-state index is 13.0. The van der Waals surface area contributed by atoms with E-state index in [0.717, 1.165) is 36.3 Å². The van der Waals surface area contributed by atoms with Gasteiger partial charge in [-0.1, -0.05) is 17.7 Å². The quantitative estimate of drug-likeness (QED) is 0.752. The lowest BCUT2D eigenvalue weighted by molar-refractivity contribution is -0.116. The zero-order valence-electron chi connectivity index (χ0n) is 15.4. The zero-order chi connectivity index (χ0) is 19.1. The number of rotatable bonds is 3. The summed E-state index contributed by atoms with van der Waals surface area (Å²) in [6, 6.07) is 7.27. The van der Waals surface area contributed by atoms with Crippen molar-refractivity contribution in [3.05, 3.63) is 56.7 Å². The summed E-state index contributed by atoms with van der Waals surface area (Å²) in [4.78, 5) is 30.3. The molecule has 1 aromatic carbocycles. The van der Waals surface area contributed by atoms with Crippen molar-refractivity contribution in [3.8, 4) is 0 Å². The molecule has 1 aliphatic rings. The fourth-order valence-corrected chi connectivity index (χ4v) is 3.84. The van der Waals surface area contributed by atoms with Gasteiger partial charge >= 0.3 is 0 Å². The number of aromatic nitrogens is 3. The Hall–Kier alpha value is -2.60. The summed E-state index contributed by atoms with van der Waals surface area (Å²) in [5.41, 5.74) is 3.44. The number of amides is 1. The number of nitrogens with zero attached hydrogens (tertiary/aromatic N) is 3. The second-order valence-corrected chi connectivity index (χ2v) is 7.42. The van der Waals surface area contributed by atoms with Gasteiger partial charge in [0.1, 0.15) is 17.9 Å². The van der Waals surface area contributed by atoms with Gasteiger partial charge in [-0.3, -0.25) is 14.2 Å². The summed E-state index contributed by atoms with van der Waals surface area (Å²) in [5.74, 6) is 0.637. The number of carbonyl (C=O) groups excluding carboxylic acids is 1. The molecule has 0 saturated heterocycles. The second-order valence-electron chi connectivity index (χ2n) is 7.01. The van der Waals surface area contributed by atoms with Gasteiger partial charge in [0.05, 0.1) is 5.52 Å². The molecular weight excluding hydrogens is 364 g/mol. The van der Waals surface area contributed by atoms with Gasteiger partial charge < -0.3 is 9.88 Å². The van der Waals surface area contributed by atoms with Crippen LogP contribution in [0.15, 0.2) is 29.1 Å². The second kappa shape index (κ2) is 6.85. The minimum atomic E-state index is -0.205. The number of nitrogens with one attached hydrogen (secondary N) is 1. The Morgan fingerprint density at radius 3 is 2.93 bits per heavy atom. The van der Waals surface area contributed by atoms with Crippen LogP contribution in [0, 0.1) is 13.8 Å². The Morgan fingerprint density at radius 2 is 2.11 bits per heavy atom. The predicted octanol–water partition coefficient (Wildman–Crippen LogP) is 3.44. The third-order valence-corrected chi connectivity index (χ3v) is 5.58. The molecule has 2 aromatic heterocycles. The average Bonchev–Trinajstić information content (AvgIpc) is 2.94. The molecule has 0 unspecified atom stereocenters. The Morgan fingerprint density at radius 1 is 1.30 bits per heavy atom. The van der Waals surface area contributed by atoms with Crippen LogP contribution in [0.5, 0.6) is 0 Å². The molecule has 4 rings (SSSR count). The maximum Gasteiger partial charge on any atom is 0.278 e. The van der Waals surface area contributed by atoms with Crippen LogP contribution in [0.25, 0.3) is 11.0 Å². The third-order valence-electron chi connectivity index (χ3n) is 5.17. The summed E-state index contributed by atoms with van der Waals surface area (Å²) in [7, 11) is 0. The van der Waals surface area contributed by atoms with Gasteiger partial charge in [-0.2, -0.15) is 0 Å². The molecule has 27 heavy (non-hydrogen) atoms. The summed E-state index contributed by atoms with van der Waals surface area (Å²) in [5, 5.41) is 3.49. The van der Waals surface area contributed by atoms with E-state index in [9.17, 15) is 9.59 Å². The number of benzene rings is 1. The highest BCUT2D eigenvalue weighted by Gasteiger charge is 2.20. The molecule has 0 atom stereocenters. The van der Waals surface area contributed by atoms with Gasteiger partial charge in [-0.15, -0.1) is 0 Å². The van der Waals surface area contributed by atoms with Crippen molar-refractivity contribution in [1.29, 1.82) is 0 Å². The first-order valence-electron chi connectivity index (χ1n) is 9.10. The van der Waals surface area contributed by atoms with E-state index in [0.29, 0.717) is 28.3 Å². The standard InChI is InChI=1S/C20H21ClN4O2/c1-12-10-16-19(20(27)24-9-4-3-8-17(24)22-16)25(12)11-18(26)23-15-7-5-6-14(21)13(15)2/h5-7,10H,3-4,8-9,11H2,1-2H3,(H,23,26). The number of halogens is 1. The highest BCUT2D eigenvalue weighted by Crippen LogP contribution is 2.23. The lowest BCUT2D eigenvalue weighted by Crippen LogP contribution is -2.30. The highest BCUT2D eigenvalue weighted by molar-refractivity contribution is 6.31. The first kappa shape index (κ1) is 17.8. The van der Waals surface area contributed by atoms with Crippen molar-refractivity contribution in [2.45, 2.75) is 46.2 Å². The molecule has 0 aliphatic carbocycles. The van der Waals surface area contributed by atoms with Crippen LogP contribution >= 0.6 is 11.6 Å². The number of aryl methyl sites for hydroxylation is 2. The molecule has 3 aromatic rings. The van der Waals surface area contributed by atoms with Crippen LogP contribution in [0.1, 0.15) is 29.9 Å². The van der Waals surface area contributed by atoms with Gasteiger partial charge in [0.15, 0.2) is 0 Å². The first-order chi connectivity index (χ1) is 13.0. The SMILES string of the molecule is Cc1c(Cl)cccc1NC(=O)Cn1c(C)cc2nc3n(c(=O)c21)CCCC3. The largest absolute Gasteiger partial charge is 0.330 e. The fraction of sp³-hybridized carbons (Fsp3) is 0.350. The Balaban J connectivity index is 1.69. The summed E-state index contributed by atoms with van der Waals surface area (Å²) >= 11 is 6.12. The normalized spacial score (nSPS) is 13.6. The highest BCUT2D eigenvalue weighted by atomic mass is 35.5. The Kier molecular flexibility index (Phi) is 4.52. The molecule has 1 N–H and O–H groups in total. The first-order valence-corrected chi connectivity index (χ1v) is 9.48.